The van der Waals surface area contributed by atoms with Gasteiger partial charge in [0.15, 0.2) is 5.82 Å². The summed E-state index contributed by atoms with van der Waals surface area (Å²) in [7, 11) is 2.08. The van der Waals surface area contributed by atoms with E-state index in [0.29, 0.717) is 5.52 Å². The maximum Gasteiger partial charge on any atom is 0.151 e. The van der Waals surface area contributed by atoms with Gasteiger partial charge < -0.3 is 9.88 Å². The van der Waals surface area contributed by atoms with E-state index in [1.54, 1.807) is 12.4 Å². The van der Waals surface area contributed by atoms with Gasteiger partial charge >= 0.3 is 0 Å². The Hall–Kier alpha value is -3.05. The molecule has 0 amide bonds. The Morgan fingerprint density at radius 1 is 1.11 bits per heavy atom. The summed E-state index contributed by atoms with van der Waals surface area (Å²) in [5.41, 5.74) is 5.61. The average Bonchev–Trinajstić information content (AvgIpc) is 3.18. The van der Waals surface area contributed by atoms with Gasteiger partial charge in [0.05, 0.1) is 11.2 Å². The number of likely N-dealkylation sites (N-methyl/N-ethyl adjacent to an activating group) is 1. The molecule has 2 aromatic heterocycles. The third kappa shape index (κ3) is 2.71. The van der Waals surface area contributed by atoms with Gasteiger partial charge in [-0.1, -0.05) is 24.3 Å². The molecule has 0 saturated heterocycles. The standard InChI is InChI=1S/C22H19FN4/c1-27-12-16-11-15(20-3-2-9-25-26-20)5-6-17(16)19(13-27)18-7-4-14-8-10-24-22(14)21(18)23/h2-11,19,24H,12-13H2,1H3. The van der Waals surface area contributed by atoms with E-state index in [4.69, 9.17) is 0 Å². The minimum atomic E-state index is -0.151. The van der Waals surface area contributed by atoms with Crippen molar-refractivity contribution in [2.24, 2.45) is 0 Å². The van der Waals surface area contributed by atoms with E-state index in [1.165, 1.54) is 11.1 Å². The Bertz CT molecular complexity index is 1120. The van der Waals surface area contributed by atoms with Crippen molar-refractivity contribution in [2.45, 2.75) is 12.5 Å². The summed E-state index contributed by atoms with van der Waals surface area (Å²) in [6.07, 6.45) is 3.46. The first kappa shape index (κ1) is 16.1. The highest BCUT2D eigenvalue weighted by Crippen LogP contribution is 2.37. The monoisotopic (exact) mass is 358 g/mol. The molecule has 1 N–H and O–H groups in total. The third-order valence-electron chi connectivity index (χ3n) is 5.39. The normalized spacial score (nSPS) is 17.2. The summed E-state index contributed by atoms with van der Waals surface area (Å²) in [5.74, 6) is -0.149. The van der Waals surface area contributed by atoms with E-state index in [-0.39, 0.29) is 11.7 Å². The number of aromatic nitrogens is 3. The van der Waals surface area contributed by atoms with Crippen LogP contribution >= 0.6 is 0 Å². The Labute approximate surface area is 156 Å². The van der Waals surface area contributed by atoms with E-state index < -0.39 is 0 Å². The Morgan fingerprint density at radius 3 is 2.85 bits per heavy atom. The van der Waals surface area contributed by atoms with Crippen molar-refractivity contribution < 1.29 is 4.39 Å². The van der Waals surface area contributed by atoms with E-state index in [1.807, 2.05) is 30.3 Å². The number of H-pyrrole nitrogens is 1. The zero-order valence-electron chi connectivity index (χ0n) is 15.0. The summed E-state index contributed by atoms with van der Waals surface area (Å²) < 4.78 is 15.2. The van der Waals surface area contributed by atoms with Crippen LogP contribution in [-0.4, -0.2) is 33.7 Å². The number of hydrogen-bond donors (Lipinski definition) is 1. The molecule has 1 unspecified atom stereocenters. The number of nitrogens with zero attached hydrogens (tertiary/aromatic N) is 3. The highest BCUT2D eigenvalue weighted by molar-refractivity contribution is 5.81. The SMILES string of the molecule is CN1Cc2cc(-c3cccnn3)ccc2C(c2ccc3cc[nH]c3c2F)C1. The highest BCUT2D eigenvalue weighted by atomic mass is 19.1. The Balaban J connectivity index is 1.62. The Morgan fingerprint density at radius 2 is 2.00 bits per heavy atom. The van der Waals surface area contributed by atoms with Gasteiger partial charge in [-0.15, -0.1) is 0 Å². The number of hydrogen-bond acceptors (Lipinski definition) is 3. The summed E-state index contributed by atoms with van der Waals surface area (Å²) in [6.45, 7) is 1.63. The maximum absolute atomic E-state index is 15.2. The fourth-order valence-corrected chi connectivity index (χ4v) is 4.11. The van der Waals surface area contributed by atoms with Crippen molar-refractivity contribution in [3.05, 3.63) is 83.4 Å². The number of aromatic amines is 1. The lowest BCUT2D eigenvalue weighted by Crippen LogP contribution is -2.31. The van der Waals surface area contributed by atoms with E-state index in [2.05, 4.69) is 45.3 Å². The molecule has 1 aliphatic heterocycles. The lowest BCUT2D eigenvalue weighted by molar-refractivity contribution is 0.293. The maximum atomic E-state index is 15.2. The molecule has 5 rings (SSSR count). The Kier molecular flexibility index (Phi) is 3.76. The van der Waals surface area contributed by atoms with Crippen LogP contribution in [0.3, 0.4) is 0 Å². The zero-order chi connectivity index (χ0) is 18.4. The lowest BCUT2D eigenvalue weighted by atomic mass is 9.83. The van der Waals surface area contributed by atoms with E-state index in [0.717, 1.165) is 35.3 Å². The van der Waals surface area contributed by atoms with Gasteiger partial charge in [0.2, 0.25) is 0 Å². The van der Waals surface area contributed by atoms with Crippen molar-refractivity contribution in [1.82, 2.24) is 20.1 Å². The summed E-state index contributed by atoms with van der Waals surface area (Å²) in [5, 5.41) is 9.08. The van der Waals surface area contributed by atoms with Gasteiger partial charge in [-0.25, -0.2) is 4.39 Å². The number of halogens is 1. The fourth-order valence-electron chi connectivity index (χ4n) is 4.11. The number of nitrogens with one attached hydrogen (secondary N) is 1. The first-order valence-electron chi connectivity index (χ1n) is 9.05. The van der Waals surface area contributed by atoms with Crippen molar-refractivity contribution in [3.63, 3.8) is 0 Å². The highest BCUT2D eigenvalue weighted by Gasteiger charge is 2.28. The molecule has 27 heavy (non-hydrogen) atoms. The topological polar surface area (TPSA) is 44.8 Å². The van der Waals surface area contributed by atoms with Crippen molar-refractivity contribution >= 4 is 10.9 Å². The van der Waals surface area contributed by atoms with Gasteiger partial charge in [0, 0.05) is 42.4 Å². The molecular formula is C22H19FN4. The smallest absolute Gasteiger partial charge is 0.151 e. The van der Waals surface area contributed by atoms with E-state index >= 15 is 4.39 Å². The molecule has 5 heteroatoms. The fraction of sp³-hybridized carbons (Fsp3) is 0.182. The van der Waals surface area contributed by atoms with Crippen LogP contribution < -0.4 is 0 Å². The predicted molar refractivity (Wildman–Crippen MR) is 104 cm³/mol. The van der Waals surface area contributed by atoms with Crippen LogP contribution in [0.2, 0.25) is 0 Å². The molecule has 0 aliphatic carbocycles. The second-order valence-electron chi connectivity index (χ2n) is 7.18. The summed E-state index contributed by atoms with van der Waals surface area (Å²) in [6, 6.07) is 16.0. The first-order chi connectivity index (χ1) is 13.2. The zero-order valence-corrected chi connectivity index (χ0v) is 15.0. The molecule has 4 nitrogen and oxygen atoms in total. The molecular weight excluding hydrogens is 339 g/mol. The van der Waals surface area contributed by atoms with Crippen LogP contribution in [0.5, 0.6) is 0 Å². The quantitative estimate of drug-likeness (QED) is 0.580. The minimum absolute atomic E-state index is 0.00218. The minimum Gasteiger partial charge on any atom is -0.359 e. The van der Waals surface area contributed by atoms with Gasteiger partial charge in [-0.3, -0.25) is 0 Å². The molecule has 4 aromatic rings. The molecule has 0 radical (unpaired) electrons. The number of rotatable bonds is 2. The molecule has 134 valence electrons. The third-order valence-corrected chi connectivity index (χ3v) is 5.39. The van der Waals surface area contributed by atoms with Crippen LogP contribution in [0, 0.1) is 5.82 Å². The summed E-state index contributed by atoms with van der Waals surface area (Å²) in [4.78, 5) is 5.27. The molecule has 1 aliphatic rings. The van der Waals surface area contributed by atoms with Crippen molar-refractivity contribution in [3.8, 4) is 11.3 Å². The molecule has 2 aromatic carbocycles. The largest absolute Gasteiger partial charge is 0.359 e. The van der Waals surface area contributed by atoms with Gasteiger partial charge in [-0.05, 0) is 48.0 Å². The molecule has 0 spiro atoms. The molecule has 0 bridgehead atoms. The van der Waals surface area contributed by atoms with Gasteiger partial charge in [-0.2, -0.15) is 10.2 Å². The average molecular weight is 358 g/mol. The second-order valence-corrected chi connectivity index (χ2v) is 7.18. The van der Waals surface area contributed by atoms with Crippen LogP contribution in [-0.2, 0) is 6.54 Å². The van der Waals surface area contributed by atoms with Crippen molar-refractivity contribution in [2.75, 3.05) is 13.6 Å². The van der Waals surface area contributed by atoms with Crippen LogP contribution in [0.4, 0.5) is 4.39 Å². The second kappa shape index (κ2) is 6.28. The molecule has 0 saturated carbocycles. The first-order valence-corrected chi connectivity index (χ1v) is 9.05. The number of benzene rings is 2. The molecule has 1 atom stereocenters. The van der Waals surface area contributed by atoms with E-state index in [9.17, 15) is 0 Å². The molecule has 0 fully saturated rings. The summed E-state index contributed by atoms with van der Waals surface area (Å²) >= 11 is 0. The predicted octanol–water partition coefficient (Wildman–Crippen LogP) is 4.34. The molecule has 3 heterocycles. The van der Waals surface area contributed by atoms with Crippen molar-refractivity contribution in [1.29, 1.82) is 0 Å². The van der Waals surface area contributed by atoms with Gasteiger partial charge in [0.25, 0.3) is 0 Å². The van der Waals surface area contributed by atoms with Crippen LogP contribution in [0.1, 0.15) is 22.6 Å². The number of fused-ring (bicyclic) bond motifs is 2. The lowest BCUT2D eigenvalue weighted by Gasteiger charge is -2.33. The van der Waals surface area contributed by atoms with Gasteiger partial charge in [0.1, 0.15) is 0 Å². The van der Waals surface area contributed by atoms with Crippen LogP contribution in [0.15, 0.2) is 60.9 Å². The van der Waals surface area contributed by atoms with Crippen LogP contribution in [0.25, 0.3) is 22.2 Å².